The van der Waals surface area contributed by atoms with E-state index in [1.807, 2.05) is 24.3 Å². The maximum Gasteiger partial charge on any atom is 0.257 e. The summed E-state index contributed by atoms with van der Waals surface area (Å²) in [5.74, 6) is 0.476. The topological polar surface area (TPSA) is 77.9 Å². The maximum atomic E-state index is 12.4. The molecule has 22 heavy (non-hydrogen) atoms. The lowest BCUT2D eigenvalue weighted by molar-refractivity contribution is 0.102. The number of benzene rings is 2. The summed E-state index contributed by atoms with van der Waals surface area (Å²) in [5.41, 5.74) is 2.60. The first-order valence-corrected chi connectivity index (χ1v) is 6.68. The fourth-order valence-corrected chi connectivity index (χ4v) is 2.24. The van der Waals surface area contributed by atoms with Crippen LogP contribution < -0.4 is 10.1 Å². The first-order valence-electron chi connectivity index (χ1n) is 6.68. The molecule has 0 atom stereocenters. The average molecular weight is 291 g/mol. The number of nitriles is 1. The molecule has 2 N–H and O–H groups in total. The van der Waals surface area contributed by atoms with Crippen LogP contribution in [0, 0.1) is 11.3 Å². The van der Waals surface area contributed by atoms with E-state index in [0.717, 1.165) is 10.9 Å². The Hall–Kier alpha value is -3.26. The van der Waals surface area contributed by atoms with Crippen LogP contribution in [-0.2, 0) is 0 Å². The van der Waals surface area contributed by atoms with Gasteiger partial charge in [-0.1, -0.05) is 0 Å². The SMILES string of the molecule is COc1ccc2[nH]cc(C(=O)Nc3ccc(C#N)cc3)c2c1. The van der Waals surface area contributed by atoms with Gasteiger partial charge in [0.15, 0.2) is 0 Å². The Balaban J connectivity index is 1.89. The van der Waals surface area contributed by atoms with E-state index in [1.165, 1.54) is 0 Å². The summed E-state index contributed by atoms with van der Waals surface area (Å²) < 4.78 is 5.19. The molecule has 0 unspecified atom stereocenters. The number of methoxy groups -OCH3 is 1. The predicted molar refractivity (Wildman–Crippen MR) is 84.0 cm³/mol. The van der Waals surface area contributed by atoms with E-state index in [2.05, 4.69) is 10.3 Å². The van der Waals surface area contributed by atoms with Gasteiger partial charge < -0.3 is 15.0 Å². The highest BCUT2D eigenvalue weighted by atomic mass is 16.5. The van der Waals surface area contributed by atoms with Crippen LogP contribution in [0.5, 0.6) is 5.75 Å². The Morgan fingerprint density at radius 1 is 1.23 bits per heavy atom. The number of ether oxygens (including phenoxy) is 1. The number of rotatable bonds is 3. The molecule has 1 amide bonds. The fourth-order valence-electron chi connectivity index (χ4n) is 2.24. The second-order valence-corrected chi connectivity index (χ2v) is 4.76. The van der Waals surface area contributed by atoms with Crippen LogP contribution in [0.4, 0.5) is 5.69 Å². The van der Waals surface area contributed by atoms with Crippen molar-refractivity contribution in [3.05, 3.63) is 59.8 Å². The second kappa shape index (κ2) is 5.62. The van der Waals surface area contributed by atoms with Crippen molar-refractivity contribution in [2.45, 2.75) is 0 Å². The van der Waals surface area contributed by atoms with Gasteiger partial charge in [0.2, 0.25) is 0 Å². The smallest absolute Gasteiger partial charge is 0.257 e. The van der Waals surface area contributed by atoms with E-state index in [9.17, 15) is 4.79 Å². The Morgan fingerprint density at radius 3 is 2.68 bits per heavy atom. The molecule has 0 spiro atoms. The van der Waals surface area contributed by atoms with E-state index >= 15 is 0 Å². The highest BCUT2D eigenvalue weighted by Gasteiger charge is 2.13. The predicted octanol–water partition coefficient (Wildman–Crippen LogP) is 3.30. The number of anilines is 1. The van der Waals surface area contributed by atoms with Crippen LogP contribution in [0.15, 0.2) is 48.7 Å². The quantitative estimate of drug-likeness (QED) is 0.777. The molecule has 0 fully saturated rings. The van der Waals surface area contributed by atoms with Gasteiger partial charge in [0.25, 0.3) is 5.91 Å². The third-order valence-corrected chi connectivity index (χ3v) is 3.41. The zero-order chi connectivity index (χ0) is 15.5. The lowest BCUT2D eigenvalue weighted by Crippen LogP contribution is -2.11. The normalized spacial score (nSPS) is 10.2. The van der Waals surface area contributed by atoms with Crippen molar-refractivity contribution >= 4 is 22.5 Å². The molecule has 0 radical (unpaired) electrons. The number of amides is 1. The van der Waals surface area contributed by atoms with Gasteiger partial charge in [0, 0.05) is 22.8 Å². The molecule has 3 rings (SSSR count). The Kier molecular flexibility index (Phi) is 3.50. The number of H-pyrrole nitrogens is 1. The van der Waals surface area contributed by atoms with E-state index in [0.29, 0.717) is 22.6 Å². The number of aromatic amines is 1. The number of hydrogen-bond acceptors (Lipinski definition) is 3. The summed E-state index contributed by atoms with van der Waals surface area (Å²) >= 11 is 0. The molecule has 0 bridgehead atoms. The zero-order valence-corrected chi connectivity index (χ0v) is 11.9. The number of carbonyl (C=O) groups is 1. The average Bonchev–Trinajstić information content (AvgIpc) is 2.98. The number of nitrogens with zero attached hydrogens (tertiary/aromatic N) is 1. The van der Waals surface area contributed by atoms with Gasteiger partial charge in [-0.2, -0.15) is 5.26 Å². The minimum atomic E-state index is -0.218. The molecule has 5 heteroatoms. The van der Waals surface area contributed by atoms with Gasteiger partial charge in [-0.05, 0) is 42.5 Å². The minimum absolute atomic E-state index is 0.218. The van der Waals surface area contributed by atoms with Crippen molar-refractivity contribution in [1.82, 2.24) is 4.98 Å². The van der Waals surface area contributed by atoms with Crippen molar-refractivity contribution in [2.24, 2.45) is 0 Å². The first kappa shape index (κ1) is 13.7. The van der Waals surface area contributed by atoms with Crippen molar-refractivity contribution in [3.63, 3.8) is 0 Å². The standard InChI is InChI=1S/C17H13N3O2/c1-22-13-6-7-16-14(8-13)15(10-19-16)17(21)20-12-4-2-11(9-18)3-5-12/h2-8,10,19H,1H3,(H,20,21). The molecule has 0 saturated carbocycles. The summed E-state index contributed by atoms with van der Waals surface area (Å²) in [6.45, 7) is 0. The van der Waals surface area contributed by atoms with Crippen LogP contribution in [0.1, 0.15) is 15.9 Å². The van der Waals surface area contributed by atoms with Gasteiger partial charge in [0.05, 0.1) is 24.3 Å². The highest BCUT2D eigenvalue weighted by Crippen LogP contribution is 2.24. The van der Waals surface area contributed by atoms with Gasteiger partial charge >= 0.3 is 0 Å². The molecule has 3 aromatic rings. The van der Waals surface area contributed by atoms with Gasteiger partial charge in [-0.3, -0.25) is 4.79 Å². The number of fused-ring (bicyclic) bond motifs is 1. The molecular weight excluding hydrogens is 278 g/mol. The Morgan fingerprint density at radius 2 is 2.00 bits per heavy atom. The molecule has 108 valence electrons. The first-order chi connectivity index (χ1) is 10.7. The maximum absolute atomic E-state index is 12.4. The summed E-state index contributed by atoms with van der Waals surface area (Å²) in [7, 11) is 1.59. The van der Waals surface area contributed by atoms with Crippen molar-refractivity contribution in [2.75, 3.05) is 12.4 Å². The molecular formula is C17H13N3O2. The van der Waals surface area contributed by atoms with E-state index in [1.54, 1.807) is 37.6 Å². The number of hydrogen-bond donors (Lipinski definition) is 2. The molecule has 5 nitrogen and oxygen atoms in total. The van der Waals surface area contributed by atoms with E-state index in [-0.39, 0.29) is 5.91 Å². The number of aromatic nitrogens is 1. The van der Waals surface area contributed by atoms with Gasteiger partial charge in [-0.25, -0.2) is 0 Å². The molecule has 1 aromatic heterocycles. The molecule has 0 aliphatic carbocycles. The third-order valence-electron chi connectivity index (χ3n) is 3.41. The van der Waals surface area contributed by atoms with Crippen LogP contribution >= 0.6 is 0 Å². The van der Waals surface area contributed by atoms with Crippen LogP contribution in [0.3, 0.4) is 0 Å². The zero-order valence-electron chi connectivity index (χ0n) is 11.9. The lowest BCUT2D eigenvalue weighted by Gasteiger charge is -2.05. The van der Waals surface area contributed by atoms with Gasteiger partial charge in [-0.15, -0.1) is 0 Å². The van der Waals surface area contributed by atoms with Crippen LogP contribution in [0.25, 0.3) is 10.9 Å². The molecule has 0 aliphatic rings. The fraction of sp³-hybridized carbons (Fsp3) is 0.0588. The summed E-state index contributed by atoms with van der Waals surface area (Å²) in [6, 6.07) is 14.3. The van der Waals surface area contributed by atoms with Crippen LogP contribution in [0.2, 0.25) is 0 Å². The molecule has 0 saturated heterocycles. The number of nitrogens with one attached hydrogen (secondary N) is 2. The summed E-state index contributed by atoms with van der Waals surface area (Å²) in [4.78, 5) is 15.5. The van der Waals surface area contributed by atoms with Crippen molar-refractivity contribution in [3.8, 4) is 11.8 Å². The second-order valence-electron chi connectivity index (χ2n) is 4.76. The Bertz CT molecular complexity index is 873. The van der Waals surface area contributed by atoms with E-state index in [4.69, 9.17) is 10.00 Å². The van der Waals surface area contributed by atoms with Crippen molar-refractivity contribution in [1.29, 1.82) is 5.26 Å². The minimum Gasteiger partial charge on any atom is -0.497 e. The van der Waals surface area contributed by atoms with Crippen LogP contribution in [-0.4, -0.2) is 18.0 Å². The monoisotopic (exact) mass is 291 g/mol. The largest absolute Gasteiger partial charge is 0.497 e. The third kappa shape index (κ3) is 2.50. The lowest BCUT2D eigenvalue weighted by atomic mass is 10.1. The summed E-state index contributed by atoms with van der Waals surface area (Å²) in [5, 5.41) is 12.4. The van der Waals surface area contributed by atoms with Gasteiger partial charge in [0.1, 0.15) is 5.75 Å². The molecule has 2 aromatic carbocycles. The number of carbonyl (C=O) groups excluding carboxylic acids is 1. The van der Waals surface area contributed by atoms with Crippen molar-refractivity contribution < 1.29 is 9.53 Å². The molecule has 0 aliphatic heterocycles. The Labute approximate surface area is 127 Å². The summed E-state index contributed by atoms with van der Waals surface area (Å²) in [6.07, 6.45) is 1.67. The highest BCUT2D eigenvalue weighted by molar-refractivity contribution is 6.13. The molecule has 1 heterocycles. The van der Waals surface area contributed by atoms with E-state index < -0.39 is 0 Å².